The summed E-state index contributed by atoms with van der Waals surface area (Å²) in [5, 5.41) is 8.10. The first-order valence-corrected chi connectivity index (χ1v) is 8.81. The maximum atomic E-state index is 11.8. The van der Waals surface area contributed by atoms with Gasteiger partial charge in [-0.25, -0.2) is 9.78 Å². The highest BCUT2D eigenvalue weighted by atomic mass is 32.1. The summed E-state index contributed by atoms with van der Waals surface area (Å²) in [6.45, 7) is 4.20. The van der Waals surface area contributed by atoms with Gasteiger partial charge in [0.15, 0.2) is 5.13 Å². The van der Waals surface area contributed by atoms with Gasteiger partial charge in [-0.15, -0.1) is 11.3 Å². The van der Waals surface area contributed by atoms with Crippen molar-refractivity contribution in [1.82, 2.24) is 10.3 Å². The molecule has 0 radical (unpaired) electrons. The van der Waals surface area contributed by atoms with Crippen molar-refractivity contribution in [3.05, 3.63) is 35.7 Å². The molecule has 124 valence electrons. The number of carbonyl (C=O) groups is 1. The first-order valence-electron chi connectivity index (χ1n) is 7.93. The number of ether oxygens (including phenoxy) is 1. The minimum absolute atomic E-state index is 0.229. The molecule has 2 rings (SSSR count). The van der Waals surface area contributed by atoms with E-state index in [9.17, 15) is 4.79 Å². The molecule has 0 unspecified atom stereocenters. The van der Waals surface area contributed by atoms with E-state index >= 15 is 0 Å². The van der Waals surface area contributed by atoms with Crippen molar-refractivity contribution < 1.29 is 9.53 Å². The van der Waals surface area contributed by atoms with E-state index in [1.807, 2.05) is 35.7 Å². The molecule has 23 heavy (non-hydrogen) atoms. The van der Waals surface area contributed by atoms with Gasteiger partial charge in [0, 0.05) is 30.7 Å². The Morgan fingerprint density at radius 3 is 2.78 bits per heavy atom. The Labute approximate surface area is 141 Å². The number of anilines is 1. The third-order valence-electron chi connectivity index (χ3n) is 3.19. The zero-order valence-corrected chi connectivity index (χ0v) is 14.2. The molecule has 1 aromatic carbocycles. The second-order valence-corrected chi connectivity index (χ2v) is 5.96. The van der Waals surface area contributed by atoms with Crippen LogP contribution in [0.5, 0.6) is 0 Å². The molecule has 2 amide bonds. The smallest absolute Gasteiger partial charge is 0.321 e. The Balaban J connectivity index is 1.67. The van der Waals surface area contributed by atoms with Crippen LogP contribution in [0.1, 0.15) is 26.2 Å². The van der Waals surface area contributed by atoms with E-state index in [0.29, 0.717) is 18.3 Å². The van der Waals surface area contributed by atoms with Gasteiger partial charge in [0.1, 0.15) is 0 Å². The van der Waals surface area contributed by atoms with Crippen LogP contribution < -0.4 is 10.6 Å². The first-order chi connectivity index (χ1) is 11.3. The van der Waals surface area contributed by atoms with Crippen molar-refractivity contribution in [2.45, 2.75) is 26.2 Å². The number of carbonyl (C=O) groups excluding carboxylic acids is 1. The third kappa shape index (κ3) is 6.38. The molecule has 0 aliphatic heterocycles. The Hall–Kier alpha value is -1.92. The Bertz CT molecular complexity index is 587. The van der Waals surface area contributed by atoms with E-state index in [1.165, 1.54) is 11.3 Å². The fraction of sp³-hybridized carbons (Fsp3) is 0.412. The average Bonchev–Trinajstić information content (AvgIpc) is 3.03. The van der Waals surface area contributed by atoms with Gasteiger partial charge in [0.05, 0.1) is 5.69 Å². The van der Waals surface area contributed by atoms with Gasteiger partial charge in [-0.05, 0) is 12.8 Å². The van der Waals surface area contributed by atoms with E-state index in [1.54, 1.807) is 0 Å². The Morgan fingerprint density at radius 2 is 2.00 bits per heavy atom. The maximum absolute atomic E-state index is 11.8. The maximum Gasteiger partial charge on any atom is 0.321 e. The minimum atomic E-state index is -0.229. The number of benzene rings is 1. The molecule has 0 saturated heterocycles. The van der Waals surface area contributed by atoms with E-state index in [2.05, 4.69) is 22.5 Å². The number of amides is 2. The summed E-state index contributed by atoms with van der Waals surface area (Å²) in [5.41, 5.74) is 1.91. The van der Waals surface area contributed by atoms with E-state index in [4.69, 9.17) is 4.74 Å². The average molecular weight is 333 g/mol. The number of hydrogen-bond donors (Lipinski definition) is 2. The second-order valence-electron chi connectivity index (χ2n) is 5.10. The van der Waals surface area contributed by atoms with Crippen molar-refractivity contribution in [2.24, 2.45) is 0 Å². The molecule has 1 aromatic heterocycles. The quantitative estimate of drug-likeness (QED) is 0.678. The largest absolute Gasteiger partial charge is 0.381 e. The van der Waals surface area contributed by atoms with Gasteiger partial charge in [-0.1, -0.05) is 43.7 Å². The molecular weight excluding hydrogens is 310 g/mol. The SMILES string of the molecule is CCCCOCCCNC(=O)Nc1nc(-c2ccccc2)cs1. The molecule has 6 heteroatoms. The van der Waals surface area contributed by atoms with Crippen LogP contribution in [-0.2, 0) is 4.74 Å². The highest BCUT2D eigenvalue weighted by Crippen LogP contribution is 2.24. The summed E-state index contributed by atoms with van der Waals surface area (Å²) in [6.07, 6.45) is 3.03. The van der Waals surface area contributed by atoms with Crippen molar-refractivity contribution in [1.29, 1.82) is 0 Å². The summed E-state index contributed by atoms with van der Waals surface area (Å²) in [6, 6.07) is 9.67. The van der Waals surface area contributed by atoms with Crippen LogP contribution in [-0.4, -0.2) is 30.8 Å². The number of nitrogens with zero attached hydrogens (tertiary/aromatic N) is 1. The number of urea groups is 1. The summed E-state index contributed by atoms with van der Waals surface area (Å²) in [7, 11) is 0. The molecule has 5 nitrogen and oxygen atoms in total. The van der Waals surface area contributed by atoms with Crippen LogP contribution in [0.3, 0.4) is 0 Å². The van der Waals surface area contributed by atoms with Crippen molar-refractivity contribution in [3.63, 3.8) is 0 Å². The summed E-state index contributed by atoms with van der Waals surface area (Å²) in [5.74, 6) is 0. The van der Waals surface area contributed by atoms with Gasteiger partial charge in [-0.2, -0.15) is 0 Å². The number of aromatic nitrogens is 1. The van der Waals surface area contributed by atoms with Crippen LogP contribution in [0, 0.1) is 0 Å². The first kappa shape index (κ1) is 17.4. The van der Waals surface area contributed by atoms with Crippen LogP contribution in [0.25, 0.3) is 11.3 Å². The third-order valence-corrected chi connectivity index (χ3v) is 3.95. The highest BCUT2D eigenvalue weighted by molar-refractivity contribution is 7.14. The lowest BCUT2D eigenvalue weighted by Crippen LogP contribution is -2.30. The predicted molar refractivity (Wildman–Crippen MR) is 94.9 cm³/mol. The number of thiazole rings is 1. The zero-order valence-electron chi connectivity index (χ0n) is 13.4. The second kappa shape index (κ2) is 9.97. The molecule has 0 fully saturated rings. The minimum Gasteiger partial charge on any atom is -0.381 e. The number of hydrogen-bond acceptors (Lipinski definition) is 4. The van der Waals surface area contributed by atoms with Crippen LogP contribution in [0.2, 0.25) is 0 Å². The molecule has 2 aromatic rings. The molecule has 0 spiro atoms. The monoisotopic (exact) mass is 333 g/mol. The standard InChI is InChI=1S/C17H23N3O2S/c1-2-3-11-22-12-7-10-18-16(21)20-17-19-15(13-23-17)14-8-5-4-6-9-14/h4-6,8-9,13H,2-3,7,10-12H2,1H3,(H2,18,19,20,21). The molecule has 0 saturated carbocycles. The number of unbranched alkanes of at least 4 members (excludes halogenated alkanes) is 1. The molecular formula is C17H23N3O2S. The van der Waals surface area contributed by atoms with Gasteiger partial charge < -0.3 is 10.1 Å². The van der Waals surface area contributed by atoms with Crippen LogP contribution in [0.15, 0.2) is 35.7 Å². The van der Waals surface area contributed by atoms with E-state index in [-0.39, 0.29) is 6.03 Å². The lowest BCUT2D eigenvalue weighted by molar-refractivity contribution is 0.129. The van der Waals surface area contributed by atoms with E-state index in [0.717, 1.165) is 37.1 Å². The highest BCUT2D eigenvalue weighted by Gasteiger charge is 2.07. The van der Waals surface area contributed by atoms with E-state index < -0.39 is 0 Å². The molecule has 0 atom stereocenters. The Morgan fingerprint density at radius 1 is 1.22 bits per heavy atom. The lowest BCUT2D eigenvalue weighted by atomic mass is 10.2. The molecule has 1 heterocycles. The van der Waals surface area contributed by atoms with Crippen molar-refractivity contribution >= 4 is 22.5 Å². The molecule has 2 N–H and O–H groups in total. The lowest BCUT2D eigenvalue weighted by Gasteiger charge is -2.06. The van der Waals surface area contributed by atoms with Crippen molar-refractivity contribution in [3.8, 4) is 11.3 Å². The molecule has 0 aliphatic carbocycles. The summed E-state index contributed by atoms with van der Waals surface area (Å²) < 4.78 is 5.44. The topological polar surface area (TPSA) is 63.2 Å². The molecule has 0 bridgehead atoms. The van der Waals surface area contributed by atoms with Gasteiger partial charge in [-0.3, -0.25) is 5.32 Å². The summed E-state index contributed by atoms with van der Waals surface area (Å²) in [4.78, 5) is 16.2. The predicted octanol–water partition coefficient (Wildman–Crippen LogP) is 4.14. The fourth-order valence-corrected chi connectivity index (χ4v) is 2.65. The molecule has 0 aliphatic rings. The normalized spacial score (nSPS) is 10.5. The zero-order chi connectivity index (χ0) is 16.3. The fourth-order valence-electron chi connectivity index (χ4n) is 1.94. The van der Waals surface area contributed by atoms with Crippen molar-refractivity contribution in [2.75, 3.05) is 25.1 Å². The number of rotatable bonds is 9. The number of nitrogens with one attached hydrogen (secondary N) is 2. The van der Waals surface area contributed by atoms with Gasteiger partial charge >= 0.3 is 6.03 Å². The Kier molecular flexibility index (Phi) is 7.56. The summed E-state index contributed by atoms with van der Waals surface area (Å²) >= 11 is 1.42. The van der Waals surface area contributed by atoms with Crippen LogP contribution >= 0.6 is 11.3 Å². The van der Waals surface area contributed by atoms with Crippen LogP contribution in [0.4, 0.5) is 9.93 Å². The van der Waals surface area contributed by atoms with Gasteiger partial charge in [0.25, 0.3) is 0 Å². The van der Waals surface area contributed by atoms with Gasteiger partial charge in [0.2, 0.25) is 0 Å².